The first kappa shape index (κ1) is 14.2. The van der Waals surface area contributed by atoms with Crippen LogP contribution in [0.4, 0.5) is 13.2 Å². The molecular formula is C10H17F3N2O2. The molecule has 1 amide bonds. The van der Waals surface area contributed by atoms with Crippen LogP contribution in [0.25, 0.3) is 0 Å². The Bertz CT molecular complexity index is 265. The number of nitrogens with zero attached hydrogens (tertiary/aromatic N) is 1. The molecule has 7 heteroatoms. The van der Waals surface area contributed by atoms with E-state index in [-0.39, 0.29) is 12.6 Å². The monoisotopic (exact) mass is 254 g/mol. The van der Waals surface area contributed by atoms with E-state index in [0.29, 0.717) is 25.3 Å². The zero-order valence-corrected chi connectivity index (χ0v) is 9.63. The largest absolute Gasteiger partial charge is 0.405 e. The van der Waals surface area contributed by atoms with E-state index in [1.165, 1.54) is 0 Å². The molecule has 1 aliphatic rings. The number of carbonyl (C=O) groups is 1. The maximum Gasteiger partial charge on any atom is 0.405 e. The van der Waals surface area contributed by atoms with Crippen molar-refractivity contribution in [3.63, 3.8) is 0 Å². The minimum atomic E-state index is -4.37. The van der Waals surface area contributed by atoms with Crippen LogP contribution >= 0.6 is 0 Å². The van der Waals surface area contributed by atoms with E-state index in [0.717, 1.165) is 0 Å². The summed E-state index contributed by atoms with van der Waals surface area (Å²) in [6.07, 6.45) is -3.22. The summed E-state index contributed by atoms with van der Waals surface area (Å²) in [5.41, 5.74) is 0. The molecule has 100 valence electrons. The lowest BCUT2D eigenvalue weighted by Gasteiger charge is -2.34. The number of halogens is 3. The van der Waals surface area contributed by atoms with Crippen LogP contribution in [-0.2, 0) is 4.79 Å². The number of hydrogen-bond donors (Lipinski definition) is 2. The van der Waals surface area contributed by atoms with Gasteiger partial charge in [0.05, 0.1) is 12.6 Å². The van der Waals surface area contributed by atoms with Gasteiger partial charge in [0.15, 0.2) is 0 Å². The number of aliphatic hydroxyl groups excluding tert-OH is 1. The Labute approximate surface area is 97.8 Å². The second kappa shape index (κ2) is 5.68. The summed E-state index contributed by atoms with van der Waals surface area (Å²) in [4.78, 5) is 12.8. The van der Waals surface area contributed by atoms with Crippen molar-refractivity contribution < 1.29 is 23.1 Å². The quantitative estimate of drug-likeness (QED) is 0.745. The van der Waals surface area contributed by atoms with Crippen molar-refractivity contribution in [2.75, 3.05) is 26.7 Å². The molecule has 4 nitrogen and oxygen atoms in total. The molecule has 0 aromatic carbocycles. The first-order chi connectivity index (χ1) is 7.76. The second-order valence-electron chi connectivity index (χ2n) is 4.58. The van der Waals surface area contributed by atoms with Gasteiger partial charge in [-0.15, -0.1) is 0 Å². The lowest BCUT2D eigenvalue weighted by atomic mass is 9.82. The highest BCUT2D eigenvalue weighted by molar-refractivity contribution is 5.78. The number of aliphatic hydroxyl groups is 1. The second-order valence-corrected chi connectivity index (χ2v) is 4.58. The van der Waals surface area contributed by atoms with Gasteiger partial charge in [-0.2, -0.15) is 13.2 Å². The third kappa shape index (κ3) is 5.88. The van der Waals surface area contributed by atoms with Crippen LogP contribution < -0.4 is 5.32 Å². The van der Waals surface area contributed by atoms with Crippen molar-refractivity contribution >= 4 is 5.91 Å². The normalized spacial score (nSPS) is 24.6. The van der Waals surface area contributed by atoms with E-state index in [1.54, 1.807) is 11.9 Å². The zero-order chi connectivity index (χ0) is 13.1. The molecule has 0 saturated heterocycles. The summed E-state index contributed by atoms with van der Waals surface area (Å²) < 4.78 is 35.4. The highest BCUT2D eigenvalue weighted by atomic mass is 19.4. The SMILES string of the molecule is CN(CC(=O)NCC(F)(F)F)CC1CC(O)C1. The third-order valence-electron chi connectivity index (χ3n) is 2.68. The molecule has 0 atom stereocenters. The zero-order valence-electron chi connectivity index (χ0n) is 9.63. The van der Waals surface area contributed by atoms with Crippen LogP contribution in [0.2, 0.25) is 0 Å². The van der Waals surface area contributed by atoms with Crippen molar-refractivity contribution in [3.8, 4) is 0 Å². The highest BCUT2D eigenvalue weighted by Gasteiger charge is 2.29. The fourth-order valence-corrected chi connectivity index (χ4v) is 1.85. The summed E-state index contributed by atoms with van der Waals surface area (Å²) in [7, 11) is 1.68. The van der Waals surface area contributed by atoms with Gasteiger partial charge in [-0.3, -0.25) is 9.69 Å². The Kier molecular flexibility index (Phi) is 4.76. The Morgan fingerprint density at radius 1 is 1.47 bits per heavy atom. The molecule has 2 N–H and O–H groups in total. The highest BCUT2D eigenvalue weighted by Crippen LogP contribution is 2.27. The van der Waals surface area contributed by atoms with Crippen molar-refractivity contribution in [3.05, 3.63) is 0 Å². The van der Waals surface area contributed by atoms with Gasteiger partial charge in [0, 0.05) is 6.54 Å². The lowest BCUT2D eigenvalue weighted by Crippen LogP contribution is -2.43. The first-order valence-electron chi connectivity index (χ1n) is 5.46. The van der Waals surface area contributed by atoms with E-state index in [1.807, 2.05) is 5.32 Å². The molecule has 1 rings (SSSR count). The molecule has 0 aliphatic heterocycles. The molecule has 0 unspecified atom stereocenters. The Hall–Kier alpha value is -0.820. The van der Waals surface area contributed by atoms with Crippen LogP contribution in [0, 0.1) is 5.92 Å². The minimum absolute atomic E-state index is 0.0529. The molecular weight excluding hydrogens is 237 g/mol. The predicted octanol–water partition coefficient (Wildman–Crippen LogP) is 0.368. The van der Waals surface area contributed by atoms with E-state index in [9.17, 15) is 18.0 Å². The molecule has 0 bridgehead atoms. The number of hydrogen-bond acceptors (Lipinski definition) is 3. The third-order valence-corrected chi connectivity index (χ3v) is 2.68. The van der Waals surface area contributed by atoms with Gasteiger partial charge in [0.2, 0.25) is 5.91 Å². The Morgan fingerprint density at radius 2 is 2.06 bits per heavy atom. The Morgan fingerprint density at radius 3 is 2.53 bits per heavy atom. The van der Waals surface area contributed by atoms with Crippen molar-refractivity contribution in [2.45, 2.75) is 25.1 Å². The average Bonchev–Trinajstić information content (AvgIpc) is 2.11. The standard InChI is InChI=1S/C10H17F3N2O2/c1-15(4-7-2-8(16)3-7)5-9(17)14-6-10(11,12)13/h7-8,16H,2-6H2,1H3,(H,14,17). The van der Waals surface area contributed by atoms with E-state index in [4.69, 9.17) is 5.11 Å². The molecule has 1 fully saturated rings. The van der Waals surface area contributed by atoms with E-state index in [2.05, 4.69) is 0 Å². The number of amides is 1. The predicted molar refractivity (Wildman–Crippen MR) is 55.3 cm³/mol. The molecule has 0 heterocycles. The minimum Gasteiger partial charge on any atom is -0.393 e. The summed E-state index contributed by atoms with van der Waals surface area (Å²) in [5.74, 6) is -0.296. The van der Waals surface area contributed by atoms with Crippen LogP contribution in [0.15, 0.2) is 0 Å². The lowest BCUT2D eigenvalue weighted by molar-refractivity contribution is -0.139. The van der Waals surface area contributed by atoms with Crippen LogP contribution in [0.5, 0.6) is 0 Å². The molecule has 1 aliphatic carbocycles. The van der Waals surface area contributed by atoms with Gasteiger partial charge in [-0.25, -0.2) is 0 Å². The number of rotatable bonds is 5. The van der Waals surface area contributed by atoms with Gasteiger partial charge in [-0.05, 0) is 25.8 Å². The van der Waals surface area contributed by atoms with E-state index >= 15 is 0 Å². The molecule has 0 radical (unpaired) electrons. The topological polar surface area (TPSA) is 52.6 Å². The van der Waals surface area contributed by atoms with Crippen LogP contribution in [0.3, 0.4) is 0 Å². The maximum atomic E-state index is 11.8. The van der Waals surface area contributed by atoms with Gasteiger partial charge in [-0.1, -0.05) is 0 Å². The summed E-state index contributed by atoms with van der Waals surface area (Å²) in [6, 6.07) is 0. The average molecular weight is 254 g/mol. The molecule has 17 heavy (non-hydrogen) atoms. The summed E-state index contributed by atoms with van der Waals surface area (Å²) in [5, 5.41) is 10.9. The summed E-state index contributed by atoms with van der Waals surface area (Å²) in [6.45, 7) is -0.721. The summed E-state index contributed by atoms with van der Waals surface area (Å²) >= 11 is 0. The van der Waals surface area contributed by atoms with Crippen LogP contribution in [0.1, 0.15) is 12.8 Å². The molecule has 0 aromatic rings. The molecule has 0 spiro atoms. The fraction of sp³-hybridized carbons (Fsp3) is 0.900. The maximum absolute atomic E-state index is 11.8. The number of carbonyl (C=O) groups excluding carboxylic acids is 1. The van der Waals surface area contributed by atoms with Gasteiger partial charge >= 0.3 is 6.18 Å². The van der Waals surface area contributed by atoms with Crippen molar-refractivity contribution in [2.24, 2.45) is 5.92 Å². The Balaban J connectivity index is 2.13. The first-order valence-corrected chi connectivity index (χ1v) is 5.46. The molecule has 0 aromatic heterocycles. The number of alkyl halides is 3. The van der Waals surface area contributed by atoms with Crippen molar-refractivity contribution in [1.82, 2.24) is 10.2 Å². The van der Waals surface area contributed by atoms with Crippen LogP contribution in [-0.4, -0.2) is 54.9 Å². The van der Waals surface area contributed by atoms with E-state index < -0.39 is 18.6 Å². The number of likely N-dealkylation sites (N-methyl/N-ethyl adjacent to an activating group) is 1. The fourth-order valence-electron chi connectivity index (χ4n) is 1.85. The van der Waals surface area contributed by atoms with Crippen molar-refractivity contribution in [1.29, 1.82) is 0 Å². The van der Waals surface area contributed by atoms with Gasteiger partial charge in [0.1, 0.15) is 6.54 Å². The molecule has 1 saturated carbocycles. The van der Waals surface area contributed by atoms with Gasteiger partial charge in [0.25, 0.3) is 0 Å². The van der Waals surface area contributed by atoms with Gasteiger partial charge < -0.3 is 10.4 Å². The number of nitrogens with one attached hydrogen (secondary N) is 1. The smallest absolute Gasteiger partial charge is 0.393 e.